The molecule has 0 aliphatic carbocycles. The molecule has 2 aromatic carbocycles. The number of carbonyl (C=O) groups excluding carboxylic acids is 3. The molecule has 0 N–H and O–H groups in total. The normalized spacial score (nSPS) is 11.5. The van der Waals surface area contributed by atoms with Gasteiger partial charge in [0.15, 0.2) is 0 Å². The van der Waals surface area contributed by atoms with Crippen LogP contribution in [0.2, 0.25) is 0 Å². The van der Waals surface area contributed by atoms with Crippen molar-refractivity contribution in [3.05, 3.63) is 95.8 Å². The summed E-state index contributed by atoms with van der Waals surface area (Å²) < 4.78 is 6.33. The minimum Gasteiger partial charge on any atom is -0.462 e. The first-order chi connectivity index (χ1) is 13.6. The van der Waals surface area contributed by atoms with Gasteiger partial charge in [0.25, 0.3) is 0 Å². The van der Waals surface area contributed by atoms with E-state index >= 15 is 0 Å². The van der Waals surface area contributed by atoms with E-state index in [1.807, 2.05) is 0 Å². The number of ketones is 2. The molecule has 6 nitrogen and oxygen atoms in total. The summed E-state index contributed by atoms with van der Waals surface area (Å²) in [5.41, 5.74) is 0.0980. The van der Waals surface area contributed by atoms with Gasteiger partial charge in [-0.25, -0.2) is 9.48 Å². The lowest BCUT2D eigenvalue weighted by Crippen LogP contribution is -2.24. The predicted octanol–water partition coefficient (Wildman–Crippen LogP) is 3.42. The Hall–Kier alpha value is -3.80. The van der Waals surface area contributed by atoms with E-state index in [-0.39, 0.29) is 23.4 Å². The average Bonchev–Trinajstić information content (AvgIpc) is 3.26. The Balaban J connectivity index is 2.25. The summed E-state index contributed by atoms with van der Waals surface area (Å²) in [4.78, 5) is 39.2. The summed E-state index contributed by atoms with van der Waals surface area (Å²) >= 11 is 0. The zero-order valence-corrected chi connectivity index (χ0v) is 15.2. The largest absolute Gasteiger partial charge is 0.462 e. The standard InChI is InChI=1S/C22H18N2O4/c1-2-28-22(27)18(20(25)16-10-5-3-6-11-16)19(24-15-9-14-23-24)21(26)17-12-7-4-8-13-17/h3-15H,2H2,1H3/b19-18-. The lowest BCUT2D eigenvalue weighted by molar-refractivity contribution is -0.138. The van der Waals surface area contributed by atoms with Crippen LogP contribution >= 0.6 is 0 Å². The topological polar surface area (TPSA) is 78.3 Å². The maximum absolute atomic E-state index is 13.3. The number of benzene rings is 2. The van der Waals surface area contributed by atoms with Crippen LogP contribution in [0.15, 0.2) is 84.7 Å². The second-order valence-electron chi connectivity index (χ2n) is 5.79. The molecule has 0 spiro atoms. The summed E-state index contributed by atoms with van der Waals surface area (Å²) in [6.07, 6.45) is 2.97. The second kappa shape index (κ2) is 8.73. The van der Waals surface area contributed by atoms with Crippen LogP contribution < -0.4 is 0 Å². The molecule has 6 heteroatoms. The SMILES string of the molecule is CCOC(=O)/C(C(=O)c1ccccc1)=C(/C(=O)c1ccccc1)n1cccn1. The Morgan fingerprint density at radius 3 is 1.93 bits per heavy atom. The first-order valence-corrected chi connectivity index (χ1v) is 8.74. The van der Waals surface area contributed by atoms with Gasteiger partial charge in [-0.05, 0) is 13.0 Å². The van der Waals surface area contributed by atoms with Crippen LogP contribution in [0, 0.1) is 0 Å². The Labute approximate surface area is 162 Å². The molecule has 1 heterocycles. The highest BCUT2D eigenvalue weighted by atomic mass is 16.5. The van der Waals surface area contributed by atoms with E-state index in [1.54, 1.807) is 73.7 Å². The van der Waals surface area contributed by atoms with Gasteiger partial charge in [-0.3, -0.25) is 9.59 Å². The van der Waals surface area contributed by atoms with Crippen molar-refractivity contribution in [2.45, 2.75) is 6.92 Å². The third kappa shape index (κ3) is 3.96. The van der Waals surface area contributed by atoms with Crippen LogP contribution in [0.4, 0.5) is 0 Å². The minimum atomic E-state index is -0.869. The number of aromatic nitrogens is 2. The highest BCUT2D eigenvalue weighted by molar-refractivity contribution is 6.38. The lowest BCUT2D eigenvalue weighted by Gasteiger charge is -2.14. The molecule has 0 aliphatic heterocycles. The highest BCUT2D eigenvalue weighted by Crippen LogP contribution is 2.22. The third-order valence-electron chi connectivity index (χ3n) is 3.96. The maximum Gasteiger partial charge on any atom is 0.344 e. The Kier molecular flexibility index (Phi) is 5.91. The van der Waals surface area contributed by atoms with E-state index in [4.69, 9.17) is 4.74 Å². The van der Waals surface area contributed by atoms with Crippen molar-refractivity contribution in [1.29, 1.82) is 0 Å². The van der Waals surface area contributed by atoms with Crippen molar-refractivity contribution in [1.82, 2.24) is 9.78 Å². The van der Waals surface area contributed by atoms with Crippen molar-refractivity contribution in [3.63, 3.8) is 0 Å². The number of rotatable bonds is 7. The number of esters is 1. The number of ether oxygens (including phenoxy) is 1. The third-order valence-corrected chi connectivity index (χ3v) is 3.96. The number of allylic oxidation sites excluding steroid dienone is 1. The van der Waals surface area contributed by atoms with Gasteiger partial charge in [0.1, 0.15) is 11.3 Å². The summed E-state index contributed by atoms with van der Waals surface area (Å²) in [5.74, 6) is -1.98. The van der Waals surface area contributed by atoms with Gasteiger partial charge in [0, 0.05) is 23.5 Å². The average molecular weight is 374 g/mol. The monoisotopic (exact) mass is 374 g/mol. The zero-order chi connectivity index (χ0) is 19.9. The molecular formula is C22H18N2O4. The van der Waals surface area contributed by atoms with E-state index in [1.165, 1.54) is 17.1 Å². The molecule has 0 aliphatic rings. The predicted molar refractivity (Wildman–Crippen MR) is 104 cm³/mol. The van der Waals surface area contributed by atoms with E-state index in [2.05, 4.69) is 5.10 Å². The van der Waals surface area contributed by atoms with Crippen molar-refractivity contribution >= 4 is 23.2 Å². The Bertz CT molecular complexity index is 1010. The Morgan fingerprint density at radius 1 is 0.857 bits per heavy atom. The van der Waals surface area contributed by atoms with Crippen LogP contribution in [-0.2, 0) is 9.53 Å². The molecule has 0 unspecified atom stereocenters. The lowest BCUT2D eigenvalue weighted by atomic mass is 9.97. The van der Waals surface area contributed by atoms with Gasteiger partial charge in [0.2, 0.25) is 11.6 Å². The molecule has 3 aromatic rings. The van der Waals surface area contributed by atoms with Crippen molar-refractivity contribution in [2.75, 3.05) is 6.61 Å². The van der Waals surface area contributed by atoms with Gasteiger partial charge in [-0.2, -0.15) is 5.10 Å². The van der Waals surface area contributed by atoms with E-state index < -0.39 is 17.5 Å². The summed E-state index contributed by atoms with van der Waals surface area (Å²) in [6, 6.07) is 18.3. The molecule has 1 aromatic heterocycles. The van der Waals surface area contributed by atoms with E-state index in [0.717, 1.165) is 0 Å². The molecule has 0 saturated heterocycles. The molecule has 140 valence electrons. The fraction of sp³-hybridized carbons (Fsp3) is 0.0909. The van der Waals surface area contributed by atoms with Crippen LogP contribution in [0.25, 0.3) is 5.70 Å². The Morgan fingerprint density at radius 2 is 1.43 bits per heavy atom. The summed E-state index contributed by atoms with van der Waals surface area (Å²) in [6.45, 7) is 1.70. The number of nitrogens with zero attached hydrogens (tertiary/aromatic N) is 2. The highest BCUT2D eigenvalue weighted by Gasteiger charge is 2.31. The number of hydrogen-bond donors (Lipinski definition) is 0. The molecule has 28 heavy (non-hydrogen) atoms. The van der Waals surface area contributed by atoms with Gasteiger partial charge >= 0.3 is 5.97 Å². The summed E-state index contributed by atoms with van der Waals surface area (Å²) in [7, 11) is 0. The molecular weight excluding hydrogens is 356 g/mol. The van der Waals surface area contributed by atoms with Gasteiger partial charge in [0.05, 0.1) is 6.61 Å². The molecule has 0 radical (unpaired) electrons. The van der Waals surface area contributed by atoms with Crippen molar-refractivity contribution in [2.24, 2.45) is 0 Å². The first kappa shape index (κ1) is 19.0. The van der Waals surface area contributed by atoms with Gasteiger partial charge < -0.3 is 4.74 Å². The van der Waals surface area contributed by atoms with Gasteiger partial charge in [-0.15, -0.1) is 0 Å². The summed E-state index contributed by atoms with van der Waals surface area (Å²) in [5, 5.41) is 4.08. The maximum atomic E-state index is 13.3. The number of carbonyl (C=O) groups is 3. The van der Waals surface area contributed by atoms with E-state index in [0.29, 0.717) is 5.56 Å². The van der Waals surface area contributed by atoms with Crippen LogP contribution in [0.3, 0.4) is 0 Å². The number of hydrogen-bond acceptors (Lipinski definition) is 5. The molecule has 0 atom stereocenters. The minimum absolute atomic E-state index is 0.0658. The zero-order valence-electron chi connectivity index (χ0n) is 15.2. The second-order valence-corrected chi connectivity index (χ2v) is 5.79. The fourth-order valence-corrected chi connectivity index (χ4v) is 2.69. The fourth-order valence-electron chi connectivity index (χ4n) is 2.69. The molecule has 0 saturated carbocycles. The van der Waals surface area contributed by atoms with Crippen molar-refractivity contribution < 1.29 is 19.1 Å². The first-order valence-electron chi connectivity index (χ1n) is 8.74. The smallest absolute Gasteiger partial charge is 0.344 e. The van der Waals surface area contributed by atoms with Crippen molar-refractivity contribution in [3.8, 4) is 0 Å². The quantitative estimate of drug-likeness (QED) is 0.208. The molecule has 0 bridgehead atoms. The van der Waals surface area contributed by atoms with Crippen LogP contribution in [0.1, 0.15) is 27.6 Å². The van der Waals surface area contributed by atoms with Crippen LogP contribution in [-0.4, -0.2) is 33.9 Å². The molecule has 3 rings (SSSR count). The van der Waals surface area contributed by atoms with Crippen LogP contribution in [0.5, 0.6) is 0 Å². The number of Topliss-reactive ketones (excluding diaryl/α,β-unsaturated/α-hetero) is 2. The molecule has 0 fully saturated rings. The molecule has 0 amide bonds. The van der Waals surface area contributed by atoms with E-state index in [9.17, 15) is 14.4 Å². The van der Waals surface area contributed by atoms with Gasteiger partial charge in [-0.1, -0.05) is 60.7 Å².